The molecule has 6 rings (SSSR count). The smallest absolute Gasteiger partial charge is 0.288 e. The Hall–Kier alpha value is -4.23. The number of nitrogens with two attached hydrogens (primary N) is 1. The van der Waals surface area contributed by atoms with Gasteiger partial charge in [0.2, 0.25) is 10.0 Å². The van der Waals surface area contributed by atoms with Crippen LogP contribution in [-0.4, -0.2) is 58.8 Å². The minimum Gasteiger partial charge on any atom is -0.496 e. The molecule has 0 unspecified atom stereocenters. The number of benzene rings is 2. The summed E-state index contributed by atoms with van der Waals surface area (Å²) in [6.45, 7) is 0.884. The first-order valence-corrected chi connectivity index (χ1v) is 14.8. The summed E-state index contributed by atoms with van der Waals surface area (Å²) in [6, 6.07) is 10.9. The average molecular weight is 581 g/mol. The van der Waals surface area contributed by atoms with E-state index in [-0.39, 0.29) is 35.0 Å². The van der Waals surface area contributed by atoms with E-state index in [4.69, 9.17) is 10.5 Å². The molecule has 0 radical (unpaired) electrons. The van der Waals surface area contributed by atoms with Crippen LogP contribution in [-0.2, 0) is 16.6 Å². The fourth-order valence-electron chi connectivity index (χ4n) is 5.42. The van der Waals surface area contributed by atoms with Crippen LogP contribution in [0.5, 0.6) is 5.75 Å². The molecule has 4 aromatic rings. The summed E-state index contributed by atoms with van der Waals surface area (Å²) >= 11 is 0. The number of fused-ring (bicyclic) bond motifs is 1. The Morgan fingerprint density at radius 2 is 1.95 bits per heavy atom. The summed E-state index contributed by atoms with van der Waals surface area (Å²) in [4.78, 5) is 25.6. The van der Waals surface area contributed by atoms with E-state index in [1.165, 1.54) is 23.5 Å². The second kappa shape index (κ2) is 10.3. The lowest BCUT2D eigenvalue weighted by atomic mass is 10.0. The van der Waals surface area contributed by atoms with Crippen LogP contribution in [0, 0.1) is 5.82 Å². The van der Waals surface area contributed by atoms with E-state index >= 15 is 0 Å². The molecule has 214 valence electrons. The van der Waals surface area contributed by atoms with Crippen LogP contribution in [0.1, 0.15) is 41.2 Å². The Balaban J connectivity index is 1.26. The highest BCUT2D eigenvalue weighted by Gasteiger charge is 2.43. The number of H-pyrrole nitrogens is 1. The van der Waals surface area contributed by atoms with Crippen molar-refractivity contribution in [3.63, 3.8) is 0 Å². The van der Waals surface area contributed by atoms with Crippen LogP contribution >= 0.6 is 0 Å². The molecule has 1 saturated heterocycles. The van der Waals surface area contributed by atoms with E-state index in [0.717, 1.165) is 17.2 Å². The molecule has 41 heavy (non-hydrogen) atoms. The van der Waals surface area contributed by atoms with E-state index in [1.54, 1.807) is 0 Å². The molecule has 1 aliphatic carbocycles. The van der Waals surface area contributed by atoms with Gasteiger partial charge in [-0.3, -0.25) is 9.59 Å². The van der Waals surface area contributed by atoms with Crippen LogP contribution < -0.4 is 21.3 Å². The van der Waals surface area contributed by atoms with Crippen LogP contribution in [0.3, 0.4) is 0 Å². The predicted octanol–water partition coefficient (Wildman–Crippen LogP) is 2.79. The van der Waals surface area contributed by atoms with E-state index in [1.807, 2.05) is 35.0 Å². The van der Waals surface area contributed by atoms with E-state index in [0.29, 0.717) is 48.8 Å². The zero-order chi connectivity index (χ0) is 28.9. The Labute approximate surface area is 235 Å². The van der Waals surface area contributed by atoms with Crippen molar-refractivity contribution in [2.24, 2.45) is 0 Å². The number of ether oxygens (including phenoxy) is 1. The van der Waals surface area contributed by atoms with Gasteiger partial charge in [0.15, 0.2) is 5.82 Å². The molecular weight excluding hydrogens is 551 g/mol. The molecular formula is C28H29FN6O5S. The van der Waals surface area contributed by atoms with Crippen molar-refractivity contribution in [1.82, 2.24) is 24.4 Å². The fourth-order valence-corrected chi connectivity index (χ4v) is 7.32. The number of hydrogen-bond donors (Lipinski definition) is 3. The van der Waals surface area contributed by atoms with Crippen molar-refractivity contribution in [3.8, 4) is 16.9 Å². The van der Waals surface area contributed by atoms with Gasteiger partial charge in [-0.1, -0.05) is 24.3 Å². The lowest BCUT2D eigenvalue weighted by Crippen LogP contribution is -2.32. The third kappa shape index (κ3) is 4.95. The van der Waals surface area contributed by atoms with Crippen LogP contribution in [0.4, 0.5) is 10.2 Å². The molecule has 1 aliphatic heterocycles. The molecule has 3 heterocycles. The van der Waals surface area contributed by atoms with Crippen molar-refractivity contribution >= 4 is 32.7 Å². The number of rotatable bonds is 8. The first-order chi connectivity index (χ1) is 19.7. The Morgan fingerprint density at radius 1 is 1.20 bits per heavy atom. The topological polar surface area (TPSA) is 152 Å². The van der Waals surface area contributed by atoms with Gasteiger partial charge >= 0.3 is 0 Å². The van der Waals surface area contributed by atoms with Crippen LogP contribution in [0.2, 0.25) is 0 Å². The fraction of sp³-hybridized carbons (Fsp3) is 0.321. The van der Waals surface area contributed by atoms with Crippen molar-refractivity contribution in [3.05, 3.63) is 76.0 Å². The minimum absolute atomic E-state index is 0.0977. The monoisotopic (exact) mass is 580 g/mol. The van der Waals surface area contributed by atoms with E-state index < -0.39 is 27.3 Å². The summed E-state index contributed by atoms with van der Waals surface area (Å²) in [5, 5.41) is 9.40. The number of nitrogens with zero attached hydrogens (tertiary/aromatic N) is 3. The quantitative estimate of drug-likeness (QED) is 0.290. The summed E-state index contributed by atoms with van der Waals surface area (Å²) < 4.78 is 47.8. The number of anilines is 1. The zero-order valence-electron chi connectivity index (χ0n) is 22.3. The van der Waals surface area contributed by atoms with Crippen molar-refractivity contribution < 1.29 is 22.3 Å². The van der Waals surface area contributed by atoms with Gasteiger partial charge in [-0.25, -0.2) is 17.9 Å². The van der Waals surface area contributed by atoms with Gasteiger partial charge in [0, 0.05) is 37.4 Å². The van der Waals surface area contributed by atoms with Crippen LogP contribution in [0.15, 0.2) is 53.5 Å². The number of nitrogen functional groups attached to an aromatic ring is 1. The van der Waals surface area contributed by atoms with Crippen molar-refractivity contribution in [2.75, 3.05) is 25.9 Å². The molecule has 0 bridgehead atoms. The van der Waals surface area contributed by atoms with Crippen molar-refractivity contribution in [2.45, 2.75) is 37.1 Å². The molecule has 1 saturated carbocycles. The number of methoxy groups -OCH3 is 1. The first-order valence-electron chi connectivity index (χ1n) is 13.3. The minimum atomic E-state index is -3.32. The van der Waals surface area contributed by atoms with Gasteiger partial charge in [0.1, 0.15) is 17.1 Å². The number of sulfonamides is 1. The number of carbonyl (C=O) groups excluding carboxylic acids is 1. The second-order valence-corrected chi connectivity index (χ2v) is 12.6. The number of aromatic nitrogens is 3. The Bertz CT molecular complexity index is 1810. The normalized spacial score (nSPS) is 17.7. The molecule has 2 fully saturated rings. The Morgan fingerprint density at radius 3 is 2.66 bits per heavy atom. The number of halogens is 1. The number of nitrogens with one attached hydrogen (secondary N) is 2. The van der Waals surface area contributed by atoms with Gasteiger partial charge in [0.05, 0.1) is 23.3 Å². The third-order valence-electron chi connectivity index (χ3n) is 7.73. The summed E-state index contributed by atoms with van der Waals surface area (Å²) in [5.74, 6) is -0.579. The van der Waals surface area contributed by atoms with Gasteiger partial charge in [0.25, 0.3) is 11.5 Å². The highest BCUT2D eigenvalue weighted by Crippen LogP contribution is 2.38. The number of hydrogen-bond acceptors (Lipinski definition) is 7. The lowest BCUT2D eigenvalue weighted by molar-refractivity contribution is 0.0947. The molecule has 2 aromatic carbocycles. The molecule has 0 spiro atoms. The maximum atomic E-state index is 13.7. The summed E-state index contributed by atoms with van der Waals surface area (Å²) in [5.41, 5.74) is 8.54. The molecule has 11 nitrogen and oxygen atoms in total. The van der Waals surface area contributed by atoms with Crippen LogP contribution in [0.25, 0.3) is 22.0 Å². The van der Waals surface area contributed by atoms with Crippen molar-refractivity contribution in [1.29, 1.82) is 0 Å². The predicted molar refractivity (Wildman–Crippen MR) is 151 cm³/mol. The molecule has 2 aromatic heterocycles. The maximum Gasteiger partial charge on any atom is 0.288 e. The zero-order valence-corrected chi connectivity index (χ0v) is 23.1. The van der Waals surface area contributed by atoms with Gasteiger partial charge in [-0.15, -0.1) is 0 Å². The third-order valence-corrected chi connectivity index (χ3v) is 10.1. The molecule has 1 amide bonds. The second-order valence-electron chi connectivity index (χ2n) is 10.4. The van der Waals surface area contributed by atoms with E-state index in [9.17, 15) is 22.4 Å². The largest absolute Gasteiger partial charge is 0.496 e. The van der Waals surface area contributed by atoms with E-state index in [2.05, 4.69) is 15.5 Å². The highest BCUT2D eigenvalue weighted by molar-refractivity contribution is 7.90. The average Bonchev–Trinajstić information content (AvgIpc) is 3.58. The molecule has 1 atom stereocenters. The standard InChI is InChI=1S/C28H29FN6O5S/c1-40-23-9-6-18(29)12-21(23)27(36)31-13-16-2-4-17(5-3-16)22-15-35(25-24(22)26(30)32-33-28(25)37)19-10-11-34(14-19)41(38,39)20-7-8-20/h2-6,9,12,15,19-20H,7-8,10-11,13-14H2,1H3,(H2,30,32)(H,31,36)(H,33,37)/t19-/m1/s1. The summed E-state index contributed by atoms with van der Waals surface area (Å²) in [7, 11) is -1.91. The Kier molecular flexibility index (Phi) is 6.78. The number of aromatic amines is 1. The maximum absolute atomic E-state index is 13.7. The van der Waals surface area contributed by atoms with Gasteiger partial charge in [-0.05, 0) is 48.6 Å². The number of carbonyl (C=O) groups is 1. The SMILES string of the molecule is COc1ccc(F)cc1C(=O)NCc1ccc(-c2cn([C@@H]3CCN(S(=O)(=O)C4CC4)C3)c3c(=O)[nH]nc(N)c23)cc1. The van der Waals surface area contributed by atoms with Gasteiger partial charge < -0.3 is 20.4 Å². The number of amides is 1. The summed E-state index contributed by atoms with van der Waals surface area (Å²) in [6.07, 6.45) is 3.80. The highest BCUT2D eigenvalue weighted by atomic mass is 32.2. The molecule has 2 aliphatic rings. The van der Waals surface area contributed by atoms with Gasteiger partial charge in [-0.2, -0.15) is 9.40 Å². The molecule has 4 N–H and O–H groups in total. The lowest BCUT2D eigenvalue weighted by Gasteiger charge is -2.17. The molecule has 13 heteroatoms. The first kappa shape index (κ1) is 27.0.